The van der Waals surface area contributed by atoms with Crippen molar-refractivity contribution in [2.24, 2.45) is 0 Å². The number of hydrogen-bond acceptors (Lipinski definition) is 4. The van der Waals surface area contributed by atoms with Crippen molar-refractivity contribution in [3.8, 4) is 0 Å². The maximum Gasteiger partial charge on any atom is 0.332 e. The molecule has 0 aliphatic carbocycles. The quantitative estimate of drug-likeness (QED) is 0.521. The summed E-state index contributed by atoms with van der Waals surface area (Å²) in [5.74, 6) is -0.545. The number of rotatable bonds is 6. The Hall–Kier alpha value is -3.97. The lowest BCUT2D eigenvalue weighted by Crippen LogP contribution is -2.52. The third-order valence-corrected chi connectivity index (χ3v) is 6.68. The molecule has 0 unspecified atom stereocenters. The van der Waals surface area contributed by atoms with E-state index in [0.717, 1.165) is 4.90 Å². The van der Waals surface area contributed by atoms with Gasteiger partial charge in [-0.3, -0.25) is 24.3 Å². The van der Waals surface area contributed by atoms with Gasteiger partial charge in [-0.05, 0) is 23.3 Å². The smallest absolute Gasteiger partial charge is 0.332 e. The number of benzene rings is 3. The van der Waals surface area contributed by atoms with Crippen LogP contribution in [0.15, 0.2) is 91.0 Å². The third kappa shape index (κ3) is 4.81. The third-order valence-electron chi connectivity index (χ3n) is 6.68. The zero-order valence-electron chi connectivity index (χ0n) is 19.5. The molecule has 2 saturated heterocycles. The van der Waals surface area contributed by atoms with Crippen LogP contribution in [0.5, 0.6) is 0 Å². The highest BCUT2D eigenvalue weighted by molar-refractivity contribution is 6.13. The minimum Gasteiger partial charge on any atom is -0.339 e. The van der Waals surface area contributed by atoms with Gasteiger partial charge in [-0.25, -0.2) is 4.79 Å². The van der Waals surface area contributed by atoms with E-state index < -0.39 is 6.03 Å². The van der Waals surface area contributed by atoms with Gasteiger partial charge in [0.05, 0.1) is 6.04 Å². The number of anilines is 1. The molecular formula is C28H28N4O3. The highest BCUT2D eigenvalue weighted by Gasteiger charge is 2.39. The number of piperazine rings is 1. The van der Waals surface area contributed by atoms with Gasteiger partial charge >= 0.3 is 6.03 Å². The van der Waals surface area contributed by atoms with Crippen LogP contribution < -0.4 is 4.90 Å². The number of carbonyl (C=O) groups is 3. The predicted octanol–water partition coefficient (Wildman–Crippen LogP) is 3.39. The largest absolute Gasteiger partial charge is 0.339 e. The number of hydrogen-bond donors (Lipinski definition) is 0. The van der Waals surface area contributed by atoms with Gasteiger partial charge < -0.3 is 4.90 Å². The van der Waals surface area contributed by atoms with E-state index in [-0.39, 0.29) is 30.9 Å². The van der Waals surface area contributed by atoms with Gasteiger partial charge in [-0.1, -0.05) is 78.9 Å². The molecule has 2 aliphatic heterocycles. The Balaban J connectivity index is 1.23. The summed E-state index contributed by atoms with van der Waals surface area (Å²) in [4.78, 5) is 45.0. The predicted molar refractivity (Wildman–Crippen MR) is 134 cm³/mol. The van der Waals surface area contributed by atoms with Crippen molar-refractivity contribution in [3.63, 3.8) is 0 Å². The van der Waals surface area contributed by atoms with E-state index in [1.54, 1.807) is 17.0 Å². The van der Waals surface area contributed by atoms with E-state index in [0.29, 0.717) is 31.9 Å². The van der Waals surface area contributed by atoms with Crippen molar-refractivity contribution in [1.29, 1.82) is 0 Å². The number of nitrogens with zero attached hydrogens (tertiary/aromatic N) is 4. The van der Waals surface area contributed by atoms with Gasteiger partial charge in [0.1, 0.15) is 13.1 Å². The molecule has 0 radical (unpaired) electrons. The van der Waals surface area contributed by atoms with Crippen molar-refractivity contribution < 1.29 is 14.4 Å². The number of amides is 4. The molecular weight excluding hydrogens is 440 g/mol. The molecule has 4 amide bonds. The second-order valence-corrected chi connectivity index (χ2v) is 8.82. The summed E-state index contributed by atoms with van der Waals surface area (Å²) in [6, 6.07) is 29.5. The van der Waals surface area contributed by atoms with E-state index in [9.17, 15) is 14.4 Å². The maximum atomic E-state index is 13.0. The van der Waals surface area contributed by atoms with Crippen LogP contribution >= 0.6 is 0 Å². The molecule has 0 spiro atoms. The molecule has 0 N–H and O–H groups in total. The van der Waals surface area contributed by atoms with Crippen LogP contribution in [-0.4, -0.2) is 71.8 Å². The normalized spacial score (nSPS) is 16.9. The molecule has 7 heteroatoms. The highest BCUT2D eigenvalue weighted by Crippen LogP contribution is 2.29. The first-order valence-electron chi connectivity index (χ1n) is 11.9. The van der Waals surface area contributed by atoms with Crippen LogP contribution in [0.25, 0.3) is 0 Å². The Morgan fingerprint density at radius 3 is 1.77 bits per heavy atom. The topological polar surface area (TPSA) is 64.2 Å². The molecule has 2 heterocycles. The molecule has 0 atom stereocenters. The first-order valence-corrected chi connectivity index (χ1v) is 11.9. The Kier molecular flexibility index (Phi) is 6.59. The zero-order valence-corrected chi connectivity index (χ0v) is 19.5. The van der Waals surface area contributed by atoms with Gasteiger partial charge in [0, 0.05) is 31.9 Å². The minimum absolute atomic E-state index is 0.0419. The fraction of sp³-hybridized carbons (Fsp3) is 0.250. The zero-order chi connectivity index (χ0) is 24.2. The monoisotopic (exact) mass is 468 g/mol. The van der Waals surface area contributed by atoms with Crippen molar-refractivity contribution in [2.45, 2.75) is 6.04 Å². The number of urea groups is 1. The van der Waals surface area contributed by atoms with E-state index in [1.807, 2.05) is 54.6 Å². The van der Waals surface area contributed by atoms with Gasteiger partial charge in [0.15, 0.2) is 0 Å². The van der Waals surface area contributed by atoms with Gasteiger partial charge in [-0.2, -0.15) is 0 Å². The van der Waals surface area contributed by atoms with Crippen molar-refractivity contribution >= 4 is 23.5 Å². The van der Waals surface area contributed by atoms with E-state index in [4.69, 9.17) is 0 Å². The first-order chi connectivity index (χ1) is 17.1. The van der Waals surface area contributed by atoms with Crippen LogP contribution in [0.3, 0.4) is 0 Å². The van der Waals surface area contributed by atoms with Crippen molar-refractivity contribution in [3.05, 3.63) is 102 Å². The lowest BCUT2D eigenvalue weighted by Gasteiger charge is -2.40. The average molecular weight is 469 g/mol. The molecule has 3 aromatic carbocycles. The van der Waals surface area contributed by atoms with Crippen LogP contribution in [0.2, 0.25) is 0 Å². The highest BCUT2D eigenvalue weighted by atomic mass is 16.2. The number of para-hydroxylation sites is 1. The lowest BCUT2D eigenvalue weighted by atomic mass is 9.96. The first kappa shape index (κ1) is 22.8. The fourth-order valence-electron chi connectivity index (χ4n) is 4.86. The number of imide groups is 1. The van der Waals surface area contributed by atoms with Crippen LogP contribution in [0, 0.1) is 0 Å². The van der Waals surface area contributed by atoms with Crippen LogP contribution in [0.1, 0.15) is 17.2 Å². The average Bonchev–Trinajstić information content (AvgIpc) is 3.19. The van der Waals surface area contributed by atoms with E-state index >= 15 is 0 Å². The summed E-state index contributed by atoms with van der Waals surface area (Å²) in [6.07, 6.45) is 0. The molecule has 0 aromatic heterocycles. The SMILES string of the molecule is O=C(CN1C(=O)CN(c2ccccc2)C1=O)N1CCN(C(c2ccccc2)c2ccccc2)CC1. The summed E-state index contributed by atoms with van der Waals surface area (Å²) in [5, 5.41) is 0. The number of carbonyl (C=O) groups excluding carboxylic acids is 3. The summed E-state index contributed by atoms with van der Waals surface area (Å²) < 4.78 is 0. The van der Waals surface area contributed by atoms with Crippen LogP contribution in [-0.2, 0) is 9.59 Å². The molecule has 35 heavy (non-hydrogen) atoms. The molecule has 0 bridgehead atoms. The molecule has 2 aliphatic rings. The molecule has 7 nitrogen and oxygen atoms in total. The molecule has 2 fully saturated rings. The second-order valence-electron chi connectivity index (χ2n) is 8.82. The Labute approximate surface area is 205 Å². The Morgan fingerprint density at radius 2 is 1.23 bits per heavy atom. The summed E-state index contributed by atoms with van der Waals surface area (Å²) in [5.41, 5.74) is 3.09. The van der Waals surface area contributed by atoms with Gasteiger partial charge in [0.25, 0.3) is 5.91 Å². The standard InChI is InChI=1S/C28H28N4O3/c33-25(20-32-26(34)21-31(28(32)35)24-14-8-3-9-15-24)29-16-18-30(19-17-29)27(22-10-4-1-5-11-22)23-12-6-2-7-13-23/h1-15,27H,16-21H2. The fourth-order valence-corrected chi connectivity index (χ4v) is 4.86. The molecule has 3 aromatic rings. The minimum atomic E-state index is -0.443. The van der Waals surface area contributed by atoms with E-state index in [2.05, 4.69) is 29.2 Å². The summed E-state index contributed by atoms with van der Waals surface area (Å²) in [7, 11) is 0. The van der Waals surface area contributed by atoms with Crippen molar-refractivity contribution in [1.82, 2.24) is 14.7 Å². The molecule has 0 saturated carbocycles. The van der Waals surface area contributed by atoms with E-state index in [1.165, 1.54) is 16.0 Å². The van der Waals surface area contributed by atoms with Gasteiger partial charge in [-0.15, -0.1) is 0 Å². The lowest BCUT2D eigenvalue weighted by molar-refractivity contribution is -0.137. The summed E-state index contributed by atoms with van der Waals surface area (Å²) in [6.45, 7) is 2.25. The Bertz CT molecular complexity index is 1140. The summed E-state index contributed by atoms with van der Waals surface area (Å²) >= 11 is 0. The van der Waals surface area contributed by atoms with Crippen molar-refractivity contribution in [2.75, 3.05) is 44.2 Å². The van der Waals surface area contributed by atoms with Crippen LogP contribution in [0.4, 0.5) is 10.5 Å². The maximum absolute atomic E-state index is 13.0. The molecule has 5 rings (SSSR count). The molecule has 178 valence electrons. The van der Waals surface area contributed by atoms with Gasteiger partial charge in [0.2, 0.25) is 5.91 Å². The second kappa shape index (κ2) is 10.1. The Morgan fingerprint density at radius 1 is 0.714 bits per heavy atom.